The van der Waals surface area contributed by atoms with Crippen molar-refractivity contribution >= 4 is 13.4 Å². The van der Waals surface area contributed by atoms with Crippen LogP contribution in [0.25, 0.3) is 0 Å². The van der Waals surface area contributed by atoms with Crippen LogP contribution in [0.1, 0.15) is 53.7 Å². The summed E-state index contributed by atoms with van der Waals surface area (Å²) in [5.41, 5.74) is 4.70. The van der Waals surface area contributed by atoms with Crippen LogP contribution in [0.4, 0.5) is 0 Å². The van der Waals surface area contributed by atoms with Gasteiger partial charge >= 0.3 is 0 Å². The highest BCUT2D eigenvalue weighted by Crippen LogP contribution is 2.42. The SMILES string of the molecule is c1ccc(C2CCB(CCC(CB3CCC(c4ccccc4)C3)c3ccccc3)C2)cc1. The Labute approximate surface area is 196 Å². The lowest BCUT2D eigenvalue weighted by molar-refractivity contribution is 0.716. The van der Waals surface area contributed by atoms with Gasteiger partial charge in [0.2, 0.25) is 0 Å². The van der Waals surface area contributed by atoms with Gasteiger partial charge in [0.1, 0.15) is 13.4 Å². The lowest BCUT2D eigenvalue weighted by Crippen LogP contribution is -2.15. The van der Waals surface area contributed by atoms with Gasteiger partial charge in [0, 0.05) is 0 Å². The lowest BCUT2D eigenvalue weighted by atomic mass is 9.41. The second kappa shape index (κ2) is 10.6. The second-order valence-corrected chi connectivity index (χ2v) is 10.5. The molecule has 3 unspecified atom stereocenters. The van der Waals surface area contributed by atoms with E-state index in [1.54, 1.807) is 16.7 Å². The van der Waals surface area contributed by atoms with Crippen LogP contribution in [0.3, 0.4) is 0 Å². The minimum Gasteiger partial charge on any atom is -0.0736 e. The van der Waals surface area contributed by atoms with Gasteiger partial charge in [-0.05, 0) is 34.4 Å². The molecule has 162 valence electrons. The molecule has 0 N–H and O–H groups in total. The maximum atomic E-state index is 2.38. The van der Waals surface area contributed by atoms with Crippen molar-refractivity contribution < 1.29 is 0 Å². The van der Waals surface area contributed by atoms with Crippen LogP contribution >= 0.6 is 0 Å². The molecule has 0 bridgehead atoms. The van der Waals surface area contributed by atoms with E-state index in [1.807, 2.05) is 0 Å². The van der Waals surface area contributed by atoms with Crippen molar-refractivity contribution in [2.75, 3.05) is 0 Å². The topological polar surface area (TPSA) is 0 Å². The van der Waals surface area contributed by atoms with Crippen molar-refractivity contribution in [2.24, 2.45) is 0 Å². The number of benzene rings is 3. The quantitative estimate of drug-likeness (QED) is 0.322. The van der Waals surface area contributed by atoms with Gasteiger partial charge in [-0.25, -0.2) is 0 Å². The minimum atomic E-state index is 0.728. The Morgan fingerprint density at radius 1 is 0.625 bits per heavy atom. The maximum Gasteiger partial charge on any atom is 0.141 e. The highest BCUT2D eigenvalue weighted by Gasteiger charge is 2.32. The minimum absolute atomic E-state index is 0.728. The summed E-state index contributed by atoms with van der Waals surface area (Å²) < 4.78 is 0. The molecule has 2 saturated heterocycles. The Kier molecular flexibility index (Phi) is 7.17. The molecule has 2 aliphatic rings. The van der Waals surface area contributed by atoms with E-state index in [2.05, 4.69) is 91.0 Å². The first-order valence-electron chi connectivity index (χ1n) is 13.0. The molecule has 2 fully saturated rings. The monoisotopic (exact) mass is 418 g/mol. The molecule has 0 spiro atoms. The Morgan fingerprint density at radius 3 is 1.72 bits per heavy atom. The molecule has 0 aromatic heterocycles. The summed E-state index contributed by atoms with van der Waals surface area (Å²) in [6.45, 7) is 1.79. The summed E-state index contributed by atoms with van der Waals surface area (Å²) in [5.74, 6) is 2.29. The first-order chi connectivity index (χ1) is 15.8. The third kappa shape index (κ3) is 5.40. The molecule has 0 radical (unpaired) electrons. The van der Waals surface area contributed by atoms with Gasteiger partial charge in [-0.1, -0.05) is 148 Å². The van der Waals surface area contributed by atoms with Crippen LogP contribution in [0.2, 0.25) is 37.9 Å². The Hall–Kier alpha value is -2.21. The summed E-state index contributed by atoms with van der Waals surface area (Å²) in [6, 6.07) is 33.9. The predicted octanol–water partition coefficient (Wildman–Crippen LogP) is 8.52. The molecule has 5 rings (SSSR count). The molecule has 0 amide bonds. The van der Waals surface area contributed by atoms with E-state index >= 15 is 0 Å². The van der Waals surface area contributed by atoms with Crippen LogP contribution in [0.15, 0.2) is 91.0 Å². The third-order valence-corrected chi connectivity index (χ3v) is 8.44. The maximum absolute atomic E-state index is 2.38. The van der Waals surface area contributed by atoms with Crippen molar-refractivity contribution in [3.8, 4) is 0 Å². The van der Waals surface area contributed by atoms with Gasteiger partial charge in [0.25, 0.3) is 0 Å². The average Bonchev–Trinajstić information content (AvgIpc) is 3.53. The largest absolute Gasteiger partial charge is 0.141 e. The number of hydrogen-bond acceptors (Lipinski definition) is 0. The van der Waals surface area contributed by atoms with E-state index in [4.69, 9.17) is 0 Å². The highest BCUT2D eigenvalue weighted by molar-refractivity contribution is 6.60. The van der Waals surface area contributed by atoms with Crippen molar-refractivity contribution in [1.29, 1.82) is 0 Å². The Morgan fingerprint density at radius 2 is 1.12 bits per heavy atom. The van der Waals surface area contributed by atoms with Gasteiger partial charge < -0.3 is 0 Å². The van der Waals surface area contributed by atoms with E-state index in [1.165, 1.54) is 57.2 Å². The molecule has 2 heterocycles. The van der Waals surface area contributed by atoms with Crippen molar-refractivity contribution in [1.82, 2.24) is 0 Å². The summed E-state index contributed by atoms with van der Waals surface area (Å²) in [6.07, 6.45) is 12.5. The molecule has 0 nitrogen and oxygen atoms in total. The normalized spacial score (nSPS) is 21.8. The fourth-order valence-corrected chi connectivity index (χ4v) is 6.67. The van der Waals surface area contributed by atoms with Crippen LogP contribution in [-0.4, -0.2) is 13.4 Å². The van der Waals surface area contributed by atoms with Gasteiger partial charge in [-0.15, -0.1) is 0 Å². The van der Waals surface area contributed by atoms with Crippen LogP contribution in [0, 0.1) is 0 Å². The number of rotatable bonds is 8. The van der Waals surface area contributed by atoms with Gasteiger partial charge in [0.15, 0.2) is 0 Å². The number of hydrogen-bond donors (Lipinski definition) is 0. The fourth-order valence-electron chi connectivity index (χ4n) is 6.67. The van der Waals surface area contributed by atoms with Crippen molar-refractivity contribution in [3.63, 3.8) is 0 Å². The zero-order valence-electron chi connectivity index (χ0n) is 19.4. The molecule has 2 aliphatic heterocycles. The third-order valence-electron chi connectivity index (χ3n) is 8.44. The van der Waals surface area contributed by atoms with Crippen LogP contribution < -0.4 is 0 Å². The zero-order chi connectivity index (χ0) is 21.6. The van der Waals surface area contributed by atoms with E-state index < -0.39 is 0 Å². The summed E-state index contributed by atoms with van der Waals surface area (Å²) in [5, 5.41) is 0. The molecular weight excluding hydrogens is 382 g/mol. The smallest absolute Gasteiger partial charge is 0.0736 e. The van der Waals surface area contributed by atoms with Crippen LogP contribution in [0.5, 0.6) is 0 Å². The summed E-state index contributed by atoms with van der Waals surface area (Å²) >= 11 is 0. The average molecular weight is 418 g/mol. The lowest BCUT2D eigenvalue weighted by Gasteiger charge is -2.21. The molecule has 2 heteroatoms. The molecule has 3 atom stereocenters. The van der Waals surface area contributed by atoms with Crippen molar-refractivity contribution in [2.45, 2.75) is 74.9 Å². The van der Waals surface area contributed by atoms with Crippen LogP contribution in [-0.2, 0) is 0 Å². The van der Waals surface area contributed by atoms with Gasteiger partial charge in [0.05, 0.1) is 0 Å². The Bertz CT molecular complexity index is 940. The molecule has 0 saturated carbocycles. The van der Waals surface area contributed by atoms with Gasteiger partial charge in [-0.3, -0.25) is 0 Å². The first kappa shape index (κ1) is 21.6. The Balaban J connectivity index is 1.19. The molecule has 3 aromatic carbocycles. The standard InChI is InChI=1S/C30H36B2/c1-4-10-25(11-5-1)28-16-19-31(22-28)20-17-29(26-12-6-2-7-13-26)23-32-21-18-30(24-32)27-14-8-3-9-15-27/h1-15,28-30H,16-24H2. The highest BCUT2D eigenvalue weighted by atomic mass is 14.2. The second-order valence-electron chi connectivity index (χ2n) is 10.5. The zero-order valence-corrected chi connectivity index (χ0v) is 19.4. The van der Waals surface area contributed by atoms with E-state index in [0.29, 0.717) is 0 Å². The molecule has 0 aliphatic carbocycles. The molecule has 32 heavy (non-hydrogen) atoms. The van der Waals surface area contributed by atoms with E-state index in [0.717, 1.165) is 31.2 Å². The summed E-state index contributed by atoms with van der Waals surface area (Å²) in [4.78, 5) is 0. The predicted molar refractivity (Wildman–Crippen MR) is 142 cm³/mol. The summed E-state index contributed by atoms with van der Waals surface area (Å²) in [7, 11) is 0. The van der Waals surface area contributed by atoms with Gasteiger partial charge in [-0.2, -0.15) is 0 Å². The fraction of sp³-hybridized carbons (Fsp3) is 0.400. The molecule has 3 aromatic rings. The molecular formula is C30H36B2. The van der Waals surface area contributed by atoms with E-state index in [9.17, 15) is 0 Å². The first-order valence-corrected chi connectivity index (χ1v) is 13.0. The van der Waals surface area contributed by atoms with Crippen molar-refractivity contribution in [3.05, 3.63) is 108 Å². The van der Waals surface area contributed by atoms with E-state index in [-0.39, 0.29) is 0 Å².